The molecule has 0 spiro atoms. The molecule has 0 bridgehead atoms. The van der Waals surface area contributed by atoms with Crippen molar-refractivity contribution in [3.8, 4) is 0 Å². The maximum Gasteiger partial charge on any atom is 0.259 e. The Balaban J connectivity index is 1.64. The number of hydrogen-bond acceptors (Lipinski definition) is 4. The summed E-state index contributed by atoms with van der Waals surface area (Å²) < 4.78 is 1.86. The van der Waals surface area contributed by atoms with Crippen LogP contribution >= 0.6 is 23.1 Å². The predicted octanol–water partition coefficient (Wildman–Crippen LogP) is 3.81. The number of thiazole rings is 1. The highest BCUT2D eigenvalue weighted by atomic mass is 32.2. The van der Waals surface area contributed by atoms with Crippen molar-refractivity contribution in [2.24, 2.45) is 0 Å². The number of aromatic nitrogens is 2. The first kappa shape index (κ1) is 13.8. The summed E-state index contributed by atoms with van der Waals surface area (Å²) in [5.41, 5.74) is 2.32. The van der Waals surface area contributed by atoms with Gasteiger partial charge in [-0.05, 0) is 38.5 Å². The topological polar surface area (TPSA) is 34.4 Å². The first-order chi connectivity index (χ1) is 10.3. The second-order valence-electron chi connectivity index (χ2n) is 6.10. The van der Waals surface area contributed by atoms with Crippen molar-refractivity contribution in [3.63, 3.8) is 0 Å². The van der Waals surface area contributed by atoms with E-state index in [0.29, 0.717) is 0 Å². The van der Waals surface area contributed by atoms with Gasteiger partial charge in [-0.3, -0.25) is 9.20 Å². The lowest BCUT2D eigenvalue weighted by atomic mass is 10.0. The molecule has 112 valence electrons. The Morgan fingerprint density at radius 1 is 1.24 bits per heavy atom. The maximum atomic E-state index is 12.4. The van der Waals surface area contributed by atoms with E-state index in [2.05, 4.69) is 0 Å². The SMILES string of the molecule is O=c1cc(CSC2CCCC2)nc2sc3c(n12)CCCC3. The van der Waals surface area contributed by atoms with Gasteiger partial charge < -0.3 is 0 Å². The number of hydrogen-bond donors (Lipinski definition) is 0. The zero-order valence-corrected chi connectivity index (χ0v) is 13.8. The Morgan fingerprint density at radius 3 is 2.90 bits per heavy atom. The summed E-state index contributed by atoms with van der Waals surface area (Å²) in [5, 5.41) is 0.779. The Kier molecular flexibility index (Phi) is 3.79. The van der Waals surface area contributed by atoms with Gasteiger partial charge in [-0.2, -0.15) is 11.8 Å². The summed E-state index contributed by atoms with van der Waals surface area (Å²) in [6.07, 6.45) is 10.00. The smallest absolute Gasteiger partial charge is 0.259 e. The van der Waals surface area contributed by atoms with E-state index >= 15 is 0 Å². The van der Waals surface area contributed by atoms with E-state index < -0.39 is 0 Å². The Morgan fingerprint density at radius 2 is 2.05 bits per heavy atom. The highest BCUT2D eigenvalue weighted by Crippen LogP contribution is 2.32. The fourth-order valence-electron chi connectivity index (χ4n) is 3.47. The van der Waals surface area contributed by atoms with Gasteiger partial charge in [-0.1, -0.05) is 12.8 Å². The second kappa shape index (κ2) is 5.76. The van der Waals surface area contributed by atoms with Crippen LogP contribution in [0.5, 0.6) is 0 Å². The van der Waals surface area contributed by atoms with E-state index in [-0.39, 0.29) is 5.56 Å². The highest BCUT2D eigenvalue weighted by Gasteiger charge is 2.19. The van der Waals surface area contributed by atoms with Crippen LogP contribution in [-0.2, 0) is 18.6 Å². The van der Waals surface area contributed by atoms with E-state index in [9.17, 15) is 4.79 Å². The summed E-state index contributed by atoms with van der Waals surface area (Å²) in [4.78, 5) is 19.5. The number of rotatable bonds is 3. The summed E-state index contributed by atoms with van der Waals surface area (Å²) in [6, 6.07) is 1.76. The van der Waals surface area contributed by atoms with Crippen LogP contribution in [0.2, 0.25) is 0 Å². The van der Waals surface area contributed by atoms with Gasteiger partial charge in [-0.15, -0.1) is 11.3 Å². The van der Waals surface area contributed by atoms with Crippen molar-refractivity contribution in [1.29, 1.82) is 0 Å². The summed E-state index contributed by atoms with van der Waals surface area (Å²) >= 11 is 3.71. The largest absolute Gasteiger partial charge is 0.269 e. The normalized spacial score (nSPS) is 19.2. The van der Waals surface area contributed by atoms with Gasteiger partial charge in [0, 0.05) is 27.6 Å². The van der Waals surface area contributed by atoms with Gasteiger partial charge in [0.1, 0.15) is 0 Å². The molecule has 5 heteroatoms. The van der Waals surface area contributed by atoms with E-state index in [1.807, 2.05) is 16.2 Å². The van der Waals surface area contributed by atoms with Crippen LogP contribution in [0.1, 0.15) is 54.8 Å². The molecule has 0 amide bonds. The molecule has 2 aliphatic carbocycles. The fraction of sp³-hybridized carbons (Fsp3) is 0.625. The maximum absolute atomic E-state index is 12.4. The summed E-state index contributed by atoms with van der Waals surface area (Å²) in [7, 11) is 0. The van der Waals surface area contributed by atoms with Crippen molar-refractivity contribution < 1.29 is 0 Å². The Hall–Kier alpha value is -0.810. The molecule has 3 nitrogen and oxygen atoms in total. The van der Waals surface area contributed by atoms with Gasteiger partial charge in [0.05, 0.1) is 5.69 Å². The highest BCUT2D eigenvalue weighted by molar-refractivity contribution is 7.99. The van der Waals surface area contributed by atoms with E-state index in [1.54, 1.807) is 17.4 Å². The number of fused-ring (bicyclic) bond motifs is 3. The molecule has 2 aliphatic rings. The molecule has 0 unspecified atom stereocenters. The van der Waals surface area contributed by atoms with Crippen molar-refractivity contribution in [2.45, 2.75) is 62.4 Å². The number of aryl methyl sites for hydroxylation is 2. The van der Waals surface area contributed by atoms with Crippen molar-refractivity contribution >= 4 is 28.1 Å². The van der Waals surface area contributed by atoms with Gasteiger partial charge in [0.25, 0.3) is 5.56 Å². The van der Waals surface area contributed by atoms with Crippen molar-refractivity contribution in [1.82, 2.24) is 9.38 Å². The van der Waals surface area contributed by atoms with Crippen molar-refractivity contribution in [3.05, 3.63) is 32.7 Å². The standard InChI is InChI=1S/C16H20N2OS2/c19-15-9-11(10-20-12-5-1-2-6-12)17-16-18(15)13-7-3-4-8-14(13)21-16/h9,12H,1-8,10H2. The molecule has 0 saturated heterocycles. The number of thioether (sulfide) groups is 1. The lowest BCUT2D eigenvalue weighted by Crippen LogP contribution is -2.17. The van der Waals surface area contributed by atoms with Crippen LogP contribution in [0.4, 0.5) is 0 Å². The molecular formula is C16H20N2OS2. The zero-order chi connectivity index (χ0) is 14.2. The lowest BCUT2D eigenvalue weighted by molar-refractivity contribution is 0.670. The Bertz CT molecular complexity index is 713. The molecule has 2 heterocycles. The molecule has 1 fully saturated rings. The molecule has 0 radical (unpaired) electrons. The van der Waals surface area contributed by atoms with E-state index in [0.717, 1.165) is 34.5 Å². The Labute approximate surface area is 132 Å². The fourth-order valence-corrected chi connectivity index (χ4v) is 5.93. The van der Waals surface area contributed by atoms with Gasteiger partial charge in [0.2, 0.25) is 0 Å². The third-order valence-corrected chi connectivity index (χ3v) is 7.13. The molecule has 0 aromatic carbocycles. The van der Waals surface area contributed by atoms with Gasteiger partial charge >= 0.3 is 0 Å². The van der Waals surface area contributed by atoms with Crippen LogP contribution < -0.4 is 5.56 Å². The molecule has 2 aromatic rings. The molecule has 1 saturated carbocycles. The van der Waals surface area contributed by atoms with Crippen LogP contribution in [0.15, 0.2) is 10.9 Å². The van der Waals surface area contributed by atoms with Gasteiger partial charge in [-0.25, -0.2) is 4.98 Å². The summed E-state index contributed by atoms with van der Waals surface area (Å²) in [5.74, 6) is 0.888. The summed E-state index contributed by atoms with van der Waals surface area (Å²) in [6.45, 7) is 0. The average Bonchev–Trinajstić information content (AvgIpc) is 3.12. The minimum Gasteiger partial charge on any atom is -0.269 e. The van der Waals surface area contributed by atoms with Crippen LogP contribution in [0, 0.1) is 0 Å². The van der Waals surface area contributed by atoms with Crippen LogP contribution in [-0.4, -0.2) is 14.6 Å². The zero-order valence-electron chi connectivity index (χ0n) is 12.1. The lowest BCUT2D eigenvalue weighted by Gasteiger charge is -2.10. The third-order valence-electron chi connectivity index (χ3n) is 4.58. The molecule has 2 aromatic heterocycles. The third kappa shape index (κ3) is 2.66. The minimum atomic E-state index is 0.126. The monoisotopic (exact) mass is 320 g/mol. The average molecular weight is 320 g/mol. The first-order valence-electron chi connectivity index (χ1n) is 7.96. The number of nitrogens with zero attached hydrogens (tertiary/aromatic N) is 2. The molecule has 4 rings (SSSR count). The molecule has 0 N–H and O–H groups in total. The van der Waals surface area contributed by atoms with E-state index in [1.165, 1.54) is 49.1 Å². The molecule has 0 aliphatic heterocycles. The quantitative estimate of drug-likeness (QED) is 0.862. The second-order valence-corrected chi connectivity index (χ2v) is 8.45. The minimum absolute atomic E-state index is 0.126. The predicted molar refractivity (Wildman–Crippen MR) is 89.5 cm³/mol. The molecular weight excluding hydrogens is 300 g/mol. The first-order valence-corrected chi connectivity index (χ1v) is 9.82. The molecule has 0 atom stereocenters. The van der Waals surface area contributed by atoms with Crippen LogP contribution in [0.3, 0.4) is 0 Å². The van der Waals surface area contributed by atoms with Crippen molar-refractivity contribution in [2.75, 3.05) is 0 Å². The van der Waals surface area contributed by atoms with Crippen LogP contribution in [0.25, 0.3) is 4.96 Å². The van der Waals surface area contributed by atoms with Gasteiger partial charge in [0.15, 0.2) is 4.96 Å². The van der Waals surface area contributed by atoms with E-state index in [4.69, 9.17) is 4.98 Å². The molecule has 21 heavy (non-hydrogen) atoms.